The second-order valence-corrected chi connectivity index (χ2v) is 7.48. The molecule has 3 aromatic rings. The number of anilines is 1. The van der Waals surface area contributed by atoms with Crippen LogP contribution in [0.15, 0.2) is 59.5 Å². The van der Waals surface area contributed by atoms with Crippen molar-refractivity contribution in [2.75, 3.05) is 12.4 Å². The number of carbonyl (C=O) groups is 2. The molecule has 36 heavy (non-hydrogen) atoms. The zero-order chi connectivity index (χ0) is 24.8. The first kappa shape index (κ1) is 31.6. The van der Waals surface area contributed by atoms with Crippen molar-refractivity contribution in [2.45, 2.75) is 19.4 Å². The number of ether oxygens (including phenoxy) is 2. The summed E-state index contributed by atoms with van der Waals surface area (Å²) in [6.45, 7) is 1.51. The molecule has 0 saturated carbocycles. The van der Waals surface area contributed by atoms with Gasteiger partial charge in [0.25, 0.3) is 5.56 Å². The number of hydrogen-bond acceptors (Lipinski definition) is 7. The second kappa shape index (κ2) is 14.3. The fraction of sp³-hybridized carbons (Fsp3) is 0.208. The molecule has 0 bridgehead atoms. The summed E-state index contributed by atoms with van der Waals surface area (Å²) < 4.78 is 12.2. The Morgan fingerprint density at radius 1 is 1.06 bits per heavy atom. The smallest absolute Gasteiger partial charge is 0.871 e. The van der Waals surface area contributed by atoms with Crippen LogP contribution >= 0.6 is 0 Å². The Kier molecular flexibility index (Phi) is 12.5. The van der Waals surface area contributed by atoms with Crippen LogP contribution in [0.4, 0.5) is 10.5 Å². The van der Waals surface area contributed by atoms with Crippen molar-refractivity contribution < 1.29 is 88.4 Å². The molecule has 0 saturated heterocycles. The molecule has 1 atom stereocenters. The summed E-state index contributed by atoms with van der Waals surface area (Å²) in [6.07, 6.45) is 0.831. The molecule has 0 aliphatic carbocycles. The summed E-state index contributed by atoms with van der Waals surface area (Å²) in [6, 6.07) is 11.6. The first-order valence-corrected chi connectivity index (χ1v) is 10.2. The molecule has 2 aromatic carbocycles. The fourth-order valence-electron chi connectivity index (χ4n) is 3.31. The van der Waals surface area contributed by atoms with Crippen molar-refractivity contribution >= 4 is 17.7 Å². The molecule has 1 unspecified atom stereocenters. The number of nitrogens with one attached hydrogen (secondary N) is 2. The molecule has 0 aliphatic rings. The van der Waals surface area contributed by atoms with Crippen LogP contribution in [0.5, 0.6) is 23.0 Å². The van der Waals surface area contributed by atoms with Crippen LogP contribution in [0, 0.1) is 6.92 Å². The van der Waals surface area contributed by atoms with E-state index in [1.807, 2.05) is 0 Å². The van der Waals surface area contributed by atoms with Gasteiger partial charge in [0, 0.05) is 25.6 Å². The van der Waals surface area contributed by atoms with Crippen LogP contribution in [0.25, 0.3) is 0 Å². The number of amides is 2. The van der Waals surface area contributed by atoms with Crippen LogP contribution in [-0.4, -0.2) is 23.7 Å². The molecule has 0 aliphatic heterocycles. The van der Waals surface area contributed by atoms with Crippen molar-refractivity contribution in [1.82, 2.24) is 9.88 Å². The van der Waals surface area contributed by atoms with Crippen LogP contribution in [0.1, 0.15) is 23.6 Å². The molecule has 0 fully saturated rings. The Morgan fingerprint density at radius 3 is 2.25 bits per heavy atom. The molecule has 2 amide bonds. The first-order valence-electron chi connectivity index (χ1n) is 10.2. The average Bonchev–Trinajstić information content (AvgIpc) is 2.81. The molecule has 1 aromatic heterocycles. The van der Waals surface area contributed by atoms with Crippen molar-refractivity contribution in [2.24, 2.45) is 7.05 Å². The van der Waals surface area contributed by atoms with E-state index in [0.717, 1.165) is 0 Å². The van der Waals surface area contributed by atoms with E-state index in [-0.39, 0.29) is 64.7 Å². The number of urea groups is 1. The predicted octanol–water partition coefficient (Wildman–Crippen LogP) is -4.42. The number of nitrogens with zero attached hydrogens (tertiary/aromatic N) is 1. The fourth-order valence-corrected chi connectivity index (χ4v) is 3.31. The number of aryl methyl sites for hydroxylation is 2. The van der Waals surface area contributed by atoms with Gasteiger partial charge in [-0.15, -0.1) is 0 Å². The minimum absolute atomic E-state index is 0. The zero-order valence-electron chi connectivity index (χ0n) is 20.8. The summed E-state index contributed by atoms with van der Waals surface area (Å²) in [5, 5.41) is 28.3. The standard InChI is InChI=1S/C24H25N3O7.2Na/c1-14-13-27(2)23(31)21(22(14)30)26-24(32)25-17(12-20(28)29)15-8-10-16(11-9-15)34-19-7-5-4-6-18(19)33-3;;/h4-11,13,17,30H,12H2,1-3H3,(H,28,29)(H2,25,26,32);;/q;2*+1/p-2. The Balaban J connectivity index is 0.00000324. The number of pyridine rings is 1. The molecule has 0 spiro atoms. The molecule has 1 heterocycles. The van der Waals surface area contributed by atoms with E-state index >= 15 is 0 Å². The number of carboxylic acids is 1. The second-order valence-electron chi connectivity index (χ2n) is 7.48. The maximum Gasteiger partial charge on any atom is 1.00 e. The number of aromatic nitrogens is 1. The molecule has 12 heteroatoms. The minimum Gasteiger partial charge on any atom is -0.871 e. The van der Waals surface area contributed by atoms with E-state index in [0.29, 0.717) is 22.8 Å². The maximum absolute atomic E-state index is 12.5. The van der Waals surface area contributed by atoms with E-state index in [9.17, 15) is 24.6 Å². The van der Waals surface area contributed by atoms with Crippen LogP contribution in [0.2, 0.25) is 0 Å². The van der Waals surface area contributed by atoms with Gasteiger partial charge >= 0.3 is 65.1 Å². The Bertz CT molecular complexity index is 1260. The van der Waals surface area contributed by atoms with Crippen LogP contribution < -0.4 is 95.0 Å². The van der Waals surface area contributed by atoms with Crippen molar-refractivity contribution in [3.63, 3.8) is 0 Å². The third-order valence-electron chi connectivity index (χ3n) is 5.00. The quantitative estimate of drug-likeness (QED) is 0.291. The first-order chi connectivity index (χ1) is 16.2. The van der Waals surface area contributed by atoms with Gasteiger partial charge in [0.1, 0.15) is 11.4 Å². The van der Waals surface area contributed by atoms with Gasteiger partial charge in [-0.25, -0.2) is 4.79 Å². The van der Waals surface area contributed by atoms with Gasteiger partial charge in [-0.2, -0.15) is 0 Å². The molecule has 3 rings (SSSR count). The average molecular weight is 511 g/mol. The third-order valence-corrected chi connectivity index (χ3v) is 5.00. The molecule has 178 valence electrons. The Labute approximate surface area is 252 Å². The predicted molar refractivity (Wildman–Crippen MR) is 120 cm³/mol. The number of hydrogen-bond donors (Lipinski definition) is 2. The summed E-state index contributed by atoms with van der Waals surface area (Å²) in [5.41, 5.74) is -0.381. The third kappa shape index (κ3) is 8.02. The molecule has 2 N–H and O–H groups in total. The molecule has 0 radical (unpaired) electrons. The van der Waals surface area contributed by atoms with Gasteiger partial charge in [-0.1, -0.05) is 30.0 Å². The molecular formula is C24H23N3Na2O7. The van der Waals surface area contributed by atoms with Crippen molar-refractivity contribution in [3.8, 4) is 23.0 Å². The van der Waals surface area contributed by atoms with Crippen molar-refractivity contribution in [3.05, 3.63) is 76.2 Å². The maximum atomic E-state index is 12.5. The Hall–Kier alpha value is -2.47. The van der Waals surface area contributed by atoms with E-state index in [2.05, 4.69) is 10.6 Å². The van der Waals surface area contributed by atoms with Gasteiger partial charge in [0.2, 0.25) is 0 Å². The summed E-state index contributed by atoms with van der Waals surface area (Å²) >= 11 is 0. The summed E-state index contributed by atoms with van der Waals surface area (Å²) in [5.74, 6) is -0.512. The number of carboxylic acid groups (broad SMARTS) is 1. The van der Waals surface area contributed by atoms with Gasteiger partial charge in [-0.3, -0.25) is 4.79 Å². The van der Waals surface area contributed by atoms with E-state index < -0.39 is 41.5 Å². The summed E-state index contributed by atoms with van der Waals surface area (Å²) in [4.78, 5) is 36.0. The minimum atomic E-state index is -1.39. The van der Waals surface area contributed by atoms with Crippen LogP contribution in [0.3, 0.4) is 0 Å². The largest absolute Gasteiger partial charge is 1.00 e. The SMILES string of the molecule is COc1ccccc1Oc1ccc(C(CC(=O)[O-])NC(=O)Nc2c([O-])c(C)cn(C)c2=O)cc1.[Na+].[Na+]. The molecule has 10 nitrogen and oxygen atoms in total. The molecular weight excluding hydrogens is 488 g/mol. The van der Waals surface area contributed by atoms with Gasteiger partial charge in [0.05, 0.1) is 13.2 Å². The van der Waals surface area contributed by atoms with Gasteiger partial charge in [-0.05, 0) is 42.3 Å². The zero-order valence-corrected chi connectivity index (χ0v) is 24.8. The number of aliphatic carboxylic acids is 1. The van der Waals surface area contributed by atoms with E-state index in [1.54, 1.807) is 48.5 Å². The van der Waals surface area contributed by atoms with Crippen molar-refractivity contribution in [1.29, 1.82) is 0 Å². The topological polar surface area (TPSA) is 145 Å². The summed E-state index contributed by atoms with van der Waals surface area (Å²) in [7, 11) is 2.97. The Morgan fingerprint density at radius 2 is 1.67 bits per heavy atom. The number of methoxy groups -OCH3 is 1. The van der Waals surface area contributed by atoms with Gasteiger partial charge in [0.15, 0.2) is 11.5 Å². The van der Waals surface area contributed by atoms with E-state index in [4.69, 9.17) is 9.47 Å². The van der Waals surface area contributed by atoms with Crippen LogP contribution in [-0.2, 0) is 11.8 Å². The normalized spacial score (nSPS) is 10.8. The number of carbonyl (C=O) groups excluding carboxylic acids is 2. The monoisotopic (exact) mass is 511 g/mol. The number of rotatable bonds is 8. The number of benzene rings is 2. The van der Waals surface area contributed by atoms with Gasteiger partial charge < -0.3 is 39.7 Å². The number of para-hydroxylation sites is 2. The van der Waals surface area contributed by atoms with E-state index in [1.165, 1.54) is 31.8 Å².